The summed E-state index contributed by atoms with van der Waals surface area (Å²) in [5.74, 6) is 0.360. The number of carbonyl (C=O) groups is 1. The fourth-order valence-corrected chi connectivity index (χ4v) is 4.97. The molecule has 6 rings (SSSR count). The molecule has 0 spiro atoms. The Balaban J connectivity index is 1.21. The summed E-state index contributed by atoms with van der Waals surface area (Å²) >= 11 is 0. The average Bonchev–Trinajstić information content (AvgIpc) is 3.33. The highest BCUT2D eigenvalue weighted by Crippen LogP contribution is 2.45. The number of nitrogens with zero attached hydrogens (tertiary/aromatic N) is 6. The summed E-state index contributed by atoms with van der Waals surface area (Å²) in [6.45, 7) is 3.48. The Bertz CT molecular complexity index is 1260. The lowest BCUT2D eigenvalue weighted by Gasteiger charge is -2.32. The van der Waals surface area contributed by atoms with Gasteiger partial charge in [-0.25, -0.2) is 13.8 Å². The third-order valence-corrected chi connectivity index (χ3v) is 7.61. The molecule has 0 unspecified atom stereocenters. The van der Waals surface area contributed by atoms with E-state index in [1.165, 1.54) is 4.90 Å². The highest BCUT2D eigenvalue weighted by atomic mass is 19.2. The number of alkyl halides is 2. The van der Waals surface area contributed by atoms with Crippen LogP contribution in [-0.4, -0.2) is 81.1 Å². The molecular weight excluding hydrogens is 468 g/mol. The molecule has 1 N–H and O–H groups in total. The minimum absolute atomic E-state index is 0.101. The van der Waals surface area contributed by atoms with Crippen LogP contribution in [0.15, 0.2) is 24.4 Å². The van der Waals surface area contributed by atoms with Crippen molar-refractivity contribution in [3.05, 3.63) is 35.8 Å². The van der Waals surface area contributed by atoms with Gasteiger partial charge in [0.05, 0.1) is 25.4 Å². The van der Waals surface area contributed by atoms with E-state index in [1.54, 1.807) is 12.3 Å². The summed E-state index contributed by atoms with van der Waals surface area (Å²) in [4.78, 5) is 29.6. The van der Waals surface area contributed by atoms with Crippen molar-refractivity contribution in [1.82, 2.24) is 30.0 Å². The van der Waals surface area contributed by atoms with Crippen LogP contribution in [0.2, 0.25) is 0 Å². The number of pyridine rings is 1. The number of nitrogens with one attached hydrogen (secondary N) is 1. The highest BCUT2D eigenvalue weighted by molar-refractivity contribution is 5.93. The van der Waals surface area contributed by atoms with Crippen molar-refractivity contribution in [1.29, 1.82) is 0 Å². The van der Waals surface area contributed by atoms with Crippen LogP contribution in [0.25, 0.3) is 11.0 Å². The fraction of sp³-hybridized carbons (Fsp3) is 0.560. The molecule has 3 aromatic rings. The van der Waals surface area contributed by atoms with Crippen LogP contribution in [-0.2, 0) is 0 Å². The van der Waals surface area contributed by atoms with Gasteiger partial charge in [-0.05, 0) is 37.8 Å². The molecule has 5 heterocycles. The minimum atomic E-state index is -1.67. The van der Waals surface area contributed by atoms with E-state index in [-0.39, 0.29) is 36.1 Å². The quantitative estimate of drug-likeness (QED) is 0.557. The zero-order valence-corrected chi connectivity index (χ0v) is 20.2. The van der Waals surface area contributed by atoms with E-state index >= 15 is 0 Å². The van der Waals surface area contributed by atoms with Crippen molar-refractivity contribution in [2.75, 3.05) is 37.7 Å². The van der Waals surface area contributed by atoms with Crippen molar-refractivity contribution in [2.45, 2.75) is 50.9 Å². The van der Waals surface area contributed by atoms with E-state index in [0.717, 1.165) is 42.4 Å². The molecule has 3 aromatic heterocycles. The fourth-order valence-electron chi connectivity index (χ4n) is 4.97. The molecule has 3 fully saturated rings. The molecule has 1 amide bonds. The topological polar surface area (TPSA) is 100 Å². The number of likely N-dealkylation sites (tertiary alicyclic amines) is 1. The molecule has 11 heteroatoms. The first kappa shape index (κ1) is 23.1. The maximum atomic E-state index is 13.8. The van der Waals surface area contributed by atoms with Crippen molar-refractivity contribution < 1.29 is 18.3 Å². The molecule has 2 atom stereocenters. The van der Waals surface area contributed by atoms with E-state index in [4.69, 9.17) is 4.74 Å². The zero-order valence-electron chi connectivity index (χ0n) is 20.2. The van der Waals surface area contributed by atoms with Crippen LogP contribution < -0.4 is 9.64 Å². The van der Waals surface area contributed by atoms with Crippen molar-refractivity contribution in [3.8, 4) is 6.01 Å². The predicted molar refractivity (Wildman–Crippen MR) is 129 cm³/mol. The third-order valence-electron chi connectivity index (χ3n) is 7.61. The predicted octanol–water partition coefficient (Wildman–Crippen LogP) is 3.44. The first-order valence-corrected chi connectivity index (χ1v) is 12.5. The van der Waals surface area contributed by atoms with Crippen LogP contribution in [0.1, 0.15) is 54.7 Å². The standard InChI is InChI=1S/C25H29F2N7O2/c1-25(6-7-25)14-36-24-29-19(23(35)34-12-17(26)18(27)13-34)11-20(30-24)33-9-4-15(5-10-33)21-16-3-2-8-28-22(16)32-31-21/h2-3,8,11,15,17-18H,4-7,9-10,12-14H2,1H3,(H,28,31,32)/t17-,18-/m0/s1. The van der Waals surface area contributed by atoms with E-state index in [2.05, 4.69) is 37.0 Å². The summed E-state index contributed by atoms with van der Waals surface area (Å²) < 4.78 is 33.4. The number of aromatic amines is 1. The first-order valence-electron chi connectivity index (χ1n) is 12.5. The van der Waals surface area contributed by atoms with E-state index in [0.29, 0.717) is 25.5 Å². The molecule has 1 aliphatic carbocycles. The van der Waals surface area contributed by atoms with Gasteiger partial charge >= 0.3 is 6.01 Å². The molecule has 2 saturated heterocycles. The van der Waals surface area contributed by atoms with E-state index < -0.39 is 18.3 Å². The number of halogens is 2. The number of rotatable bonds is 6. The minimum Gasteiger partial charge on any atom is -0.463 e. The Kier molecular flexibility index (Phi) is 5.72. The summed E-state index contributed by atoms with van der Waals surface area (Å²) in [6.07, 6.45) is 2.26. The van der Waals surface area contributed by atoms with Gasteiger partial charge in [0.1, 0.15) is 11.5 Å². The molecule has 190 valence electrons. The van der Waals surface area contributed by atoms with Crippen molar-refractivity contribution in [3.63, 3.8) is 0 Å². The Morgan fingerprint density at radius 3 is 2.67 bits per heavy atom. The number of amides is 1. The lowest BCUT2D eigenvalue weighted by Crippen LogP contribution is -2.35. The second-order valence-corrected chi connectivity index (χ2v) is 10.5. The second kappa shape index (κ2) is 8.94. The zero-order chi connectivity index (χ0) is 24.9. The number of aromatic nitrogens is 5. The summed E-state index contributed by atoms with van der Waals surface area (Å²) in [5.41, 5.74) is 2.02. The number of hydrogen-bond donors (Lipinski definition) is 1. The van der Waals surface area contributed by atoms with Crippen LogP contribution in [0.3, 0.4) is 0 Å². The van der Waals surface area contributed by atoms with Crippen LogP contribution in [0.5, 0.6) is 6.01 Å². The summed E-state index contributed by atoms with van der Waals surface area (Å²) in [6, 6.07) is 5.68. The summed E-state index contributed by atoms with van der Waals surface area (Å²) in [5, 5.41) is 8.57. The molecule has 9 nitrogen and oxygen atoms in total. The number of anilines is 1. The average molecular weight is 498 g/mol. The molecule has 0 bridgehead atoms. The maximum absolute atomic E-state index is 13.8. The van der Waals surface area contributed by atoms with Crippen LogP contribution in [0, 0.1) is 5.41 Å². The van der Waals surface area contributed by atoms with Gasteiger partial charge in [0.25, 0.3) is 5.91 Å². The molecule has 0 aromatic carbocycles. The molecule has 1 saturated carbocycles. The van der Waals surface area contributed by atoms with Crippen molar-refractivity contribution >= 4 is 22.8 Å². The Hall–Kier alpha value is -3.37. The molecule has 3 aliphatic rings. The maximum Gasteiger partial charge on any atom is 0.319 e. The Morgan fingerprint density at radius 1 is 1.19 bits per heavy atom. The molecular formula is C25H29F2N7O2. The third kappa shape index (κ3) is 4.46. The number of piperidine rings is 1. The van der Waals surface area contributed by atoms with Crippen molar-refractivity contribution in [2.24, 2.45) is 5.41 Å². The second-order valence-electron chi connectivity index (χ2n) is 10.5. The monoisotopic (exact) mass is 497 g/mol. The van der Waals surface area contributed by atoms with E-state index in [1.807, 2.05) is 12.1 Å². The molecule has 36 heavy (non-hydrogen) atoms. The SMILES string of the molecule is CC1(COc2nc(C(=O)N3C[C@H](F)[C@@H](F)C3)cc(N3CCC(c4n[nH]c5ncccc45)CC3)n2)CC1. The lowest BCUT2D eigenvalue weighted by atomic mass is 9.92. The Morgan fingerprint density at radius 2 is 1.94 bits per heavy atom. The lowest BCUT2D eigenvalue weighted by molar-refractivity contribution is 0.0771. The Labute approximate surface area is 207 Å². The smallest absolute Gasteiger partial charge is 0.319 e. The van der Waals surface area contributed by atoms with Crippen LogP contribution in [0.4, 0.5) is 14.6 Å². The largest absolute Gasteiger partial charge is 0.463 e. The van der Waals surface area contributed by atoms with Gasteiger partial charge in [-0.1, -0.05) is 6.92 Å². The van der Waals surface area contributed by atoms with Crippen LogP contribution >= 0.6 is 0 Å². The van der Waals surface area contributed by atoms with Gasteiger partial charge in [0, 0.05) is 42.1 Å². The molecule has 0 radical (unpaired) electrons. The highest BCUT2D eigenvalue weighted by Gasteiger charge is 2.39. The summed E-state index contributed by atoms with van der Waals surface area (Å²) in [7, 11) is 0. The van der Waals surface area contributed by atoms with Gasteiger partial charge in [-0.15, -0.1) is 0 Å². The number of carbonyl (C=O) groups excluding carboxylic acids is 1. The van der Waals surface area contributed by atoms with Gasteiger partial charge in [-0.2, -0.15) is 15.1 Å². The molecule has 2 aliphatic heterocycles. The van der Waals surface area contributed by atoms with Gasteiger partial charge < -0.3 is 14.5 Å². The normalized spacial score (nSPS) is 23.9. The number of fused-ring (bicyclic) bond motifs is 1. The first-order chi connectivity index (χ1) is 17.4. The van der Waals surface area contributed by atoms with Gasteiger partial charge in [-0.3, -0.25) is 9.89 Å². The van der Waals surface area contributed by atoms with E-state index in [9.17, 15) is 13.6 Å². The van der Waals surface area contributed by atoms with Gasteiger partial charge in [0.15, 0.2) is 18.0 Å². The number of hydrogen-bond acceptors (Lipinski definition) is 7. The van der Waals surface area contributed by atoms with Gasteiger partial charge in [0.2, 0.25) is 0 Å². The number of H-pyrrole nitrogens is 1. The number of ether oxygens (including phenoxy) is 1.